The van der Waals surface area contributed by atoms with Crippen molar-refractivity contribution in [1.29, 1.82) is 0 Å². The third-order valence-electron chi connectivity index (χ3n) is 2.82. The Kier molecular flexibility index (Phi) is 6.60. The number of nitrogens with two attached hydrogens (primary N) is 1. The van der Waals surface area contributed by atoms with Gasteiger partial charge in [0.25, 0.3) is 0 Å². The topological polar surface area (TPSA) is 75.3 Å². The van der Waals surface area contributed by atoms with E-state index in [2.05, 4.69) is 19.2 Å². The highest BCUT2D eigenvalue weighted by atomic mass is 16.3. The van der Waals surface area contributed by atoms with Crippen molar-refractivity contribution in [3.63, 3.8) is 0 Å². The highest BCUT2D eigenvalue weighted by Gasteiger charge is 2.22. The average Bonchev–Trinajstić information content (AvgIpc) is 2.22. The Hall–Kier alpha value is -0.610. The third-order valence-corrected chi connectivity index (χ3v) is 2.82. The molecule has 0 fully saturated rings. The Morgan fingerprint density at radius 2 is 2.06 bits per heavy atom. The van der Waals surface area contributed by atoms with Crippen molar-refractivity contribution in [3.05, 3.63) is 0 Å². The van der Waals surface area contributed by atoms with Gasteiger partial charge in [-0.25, -0.2) is 0 Å². The summed E-state index contributed by atoms with van der Waals surface area (Å²) >= 11 is 0. The molecule has 4 nitrogen and oxygen atoms in total. The third kappa shape index (κ3) is 6.08. The number of aliphatic hydroxyl groups is 1. The van der Waals surface area contributed by atoms with Gasteiger partial charge in [0, 0.05) is 13.1 Å². The molecule has 0 radical (unpaired) electrons. The van der Waals surface area contributed by atoms with E-state index in [1.165, 1.54) is 0 Å². The normalized spacial score (nSPS) is 16.9. The molecule has 0 aliphatic rings. The summed E-state index contributed by atoms with van der Waals surface area (Å²) in [5, 5.41) is 12.5. The number of rotatable bonds is 7. The molecule has 0 aliphatic heterocycles. The van der Waals surface area contributed by atoms with Crippen LogP contribution in [0, 0.1) is 11.8 Å². The molecule has 16 heavy (non-hydrogen) atoms. The summed E-state index contributed by atoms with van der Waals surface area (Å²) in [4.78, 5) is 11.8. The van der Waals surface area contributed by atoms with Gasteiger partial charge in [-0.05, 0) is 25.7 Å². The zero-order valence-corrected chi connectivity index (χ0v) is 10.9. The Labute approximate surface area is 98.6 Å². The van der Waals surface area contributed by atoms with Crippen molar-refractivity contribution >= 4 is 5.91 Å². The number of nitrogens with one attached hydrogen (secondary N) is 1. The largest absolute Gasteiger partial charge is 0.388 e. The summed E-state index contributed by atoms with van der Waals surface area (Å²) < 4.78 is 0. The minimum absolute atomic E-state index is 0.0510. The van der Waals surface area contributed by atoms with Gasteiger partial charge in [0.1, 0.15) is 0 Å². The maximum atomic E-state index is 11.8. The SMILES string of the molecule is CCC(C)(O)CNC(=O)C(CN)CC(C)C. The minimum Gasteiger partial charge on any atom is -0.388 e. The zero-order chi connectivity index (χ0) is 12.8. The number of hydrogen-bond acceptors (Lipinski definition) is 3. The molecule has 0 spiro atoms. The Bertz CT molecular complexity index is 215. The molecule has 1 amide bonds. The molecule has 0 rings (SSSR count). The maximum absolute atomic E-state index is 11.8. The van der Waals surface area contributed by atoms with E-state index < -0.39 is 5.60 Å². The quantitative estimate of drug-likeness (QED) is 0.608. The molecule has 0 heterocycles. The van der Waals surface area contributed by atoms with Crippen LogP contribution in [0.5, 0.6) is 0 Å². The van der Waals surface area contributed by atoms with Crippen molar-refractivity contribution in [3.8, 4) is 0 Å². The molecule has 0 aliphatic carbocycles. The fourth-order valence-electron chi connectivity index (χ4n) is 1.43. The molecule has 0 aromatic rings. The van der Waals surface area contributed by atoms with Crippen LogP contribution in [0.4, 0.5) is 0 Å². The lowest BCUT2D eigenvalue weighted by molar-refractivity contribution is -0.126. The van der Waals surface area contributed by atoms with Crippen LogP contribution >= 0.6 is 0 Å². The van der Waals surface area contributed by atoms with E-state index in [9.17, 15) is 9.90 Å². The van der Waals surface area contributed by atoms with Crippen molar-refractivity contribution in [2.75, 3.05) is 13.1 Å². The standard InChI is InChI=1S/C12H26N2O2/c1-5-12(4,16)8-14-11(15)10(7-13)6-9(2)3/h9-10,16H,5-8,13H2,1-4H3,(H,14,15). The van der Waals surface area contributed by atoms with Crippen LogP contribution in [0.2, 0.25) is 0 Å². The van der Waals surface area contributed by atoms with Gasteiger partial charge in [0.05, 0.1) is 11.5 Å². The monoisotopic (exact) mass is 230 g/mol. The molecular weight excluding hydrogens is 204 g/mol. The summed E-state index contributed by atoms with van der Waals surface area (Å²) in [5.41, 5.74) is 4.74. The van der Waals surface area contributed by atoms with Crippen LogP contribution in [0.15, 0.2) is 0 Å². The Balaban J connectivity index is 4.12. The van der Waals surface area contributed by atoms with Gasteiger partial charge in [0.2, 0.25) is 5.91 Å². The van der Waals surface area contributed by atoms with Crippen LogP contribution < -0.4 is 11.1 Å². The van der Waals surface area contributed by atoms with E-state index >= 15 is 0 Å². The average molecular weight is 230 g/mol. The molecule has 0 aromatic heterocycles. The van der Waals surface area contributed by atoms with Gasteiger partial charge >= 0.3 is 0 Å². The Morgan fingerprint density at radius 3 is 2.44 bits per heavy atom. The van der Waals surface area contributed by atoms with Gasteiger partial charge in [-0.1, -0.05) is 20.8 Å². The van der Waals surface area contributed by atoms with Crippen LogP contribution in [0.25, 0.3) is 0 Å². The highest BCUT2D eigenvalue weighted by Crippen LogP contribution is 2.11. The van der Waals surface area contributed by atoms with E-state index in [-0.39, 0.29) is 18.4 Å². The summed E-state index contributed by atoms with van der Waals surface area (Å²) in [5.74, 6) is 0.253. The fourth-order valence-corrected chi connectivity index (χ4v) is 1.43. The molecule has 4 heteroatoms. The van der Waals surface area contributed by atoms with Crippen LogP contribution in [0.3, 0.4) is 0 Å². The number of carbonyl (C=O) groups is 1. The first kappa shape index (κ1) is 15.4. The fraction of sp³-hybridized carbons (Fsp3) is 0.917. The zero-order valence-electron chi connectivity index (χ0n) is 10.9. The van der Waals surface area contributed by atoms with E-state index in [4.69, 9.17) is 5.73 Å². The minimum atomic E-state index is -0.827. The van der Waals surface area contributed by atoms with Gasteiger partial charge in [-0.15, -0.1) is 0 Å². The molecule has 2 atom stereocenters. The van der Waals surface area contributed by atoms with E-state index in [0.29, 0.717) is 18.9 Å². The van der Waals surface area contributed by atoms with E-state index in [1.807, 2.05) is 6.92 Å². The second-order valence-electron chi connectivity index (χ2n) is 5.13. The predicted octanol–water partition coefficient (Wildman–Crippen LogP) is 0.885. The molecule has 4 N–H and O–H groups in total. The predicted molar refractivity (Wildman–Crippen MR) is 65.9 cm³/mol. The molecule has 2 unspecified atom stereocenters. The van der Waals surface area contributed by atoms with Crippen molar-refractivity contribution < 1.29 is 9.90 Å². The number of carbonyl (C=O) groups excluding carboxylic acids is 1. The Morgan fingerprint density at radius 1 is 1.50 bits per heavy atom. The van der Waals surface area contributed by atoms with Crippen LogP contribution in [0.1, 0.15) is 40.5 Å². The molecule has 0 bridgehead atoms. The summed E-state index contributed by atoms with van der Waals surface area (Å²) in [6.45, 7) is 8.39. The maximum Gasteiger partial charge on any atom is 0.224 e. The van der Waals surface area contributed by atoms with E-state index in [1.54, 1.807) is 6.92 Å². The van der Waals surface area contributed by atoms with Crippen molar-refractivity contribution in [2.24, 2.45) is 17.6 Å². The highest BCUT2D eigenvalue weighted by molar-refractivity contribution is 5.78. The number of amides is 1. The van der Waals surface area contributed by atoms with Gasteiger partial charge < -0.3 is 16.2 Å². The van der Waals surface area contributed by atoms with Crippen molar-refractivity contribution in [2.45, 2.75) is 46.1 Å². The van der Waals surface area contributed by atoms with Crippen LogP contribution in [-0.4, -0.2) is 29.7 Å². The lowest BCUT2D eigenvalue weighted by atomic mass is 9.96. The first-order valence-corrected chi connectivity index (χ1v) is 6.02. The molecule has 96 valence electrons. The molecule has 0 aromatic carbocycles. The van der Waals surface area contributed by atoms with E-state index in [0.717, 1.165) is 6.42 Å². The van der Waals surface area contributed by atoms with Gasteiger partial charge in [0.15, 0.2) is 0 Å². The summed E-state index contributed by atoms with van der Waals surface area (Å²) in [7, 11) is 0. The molecule has 0 saturated heterocycles. The van der Waals surface area contributed by atoms with Crippen LogP contribution in [-0.2, 0) is 4.79 Å². The lowest BCUT2D eigenvalue weighted by Crippen LogP contribution is -2.44. The van der Waals surface area contributed by atoms with Gasteiger partial charge in [-0.3, -0.25) is 4.79 Å². The lowest BCUT2D eigenvalue weighted by Gasteiger charge is -2.24. The number of hydrogen-bond donors (Lipinski definition) is 3. The first-order valence-electron chi connectivity index (χ1n) is 6.02. The summed E-state index contributed by atoms with van der Waals surface area (Å²) in [6.07, 6.45) is 1.40. The molecular formula is C12H26N2O2. The first-order chi connectivity index (χ1) is 7.32. The smallest absolute Gasteiger partial charge is 0.224 e. The second-order valence-corrected chi connectivity index (χ2v) is 5.13. The van der Waals surface area contributed by atoms with Gasteiger partial charge in [-0.2, -0.15) is 0 Å². The van der Waals surface area contributed by atoms with Crippen molar-refractivity contribution in [1.82, 2.24) is 5.32 Å². The summed E-state index contributed by atoms with van der Waals surface area (Å²) in [6, 6.07) is 0. The second kappa shape index (κ2) is 6.86. The molecule has 0 saturated carbocycles.